The van der Waals surface area contributed by atoms with E-state index in [9.17, 15) is 14.7 Å². The van der Waals surface area contributed by atoms with Gasteiger partial charge in [-0.15, -0.1) is 0 Å². The minimum Gasteiger partial charge on any atom is -0.481 e. The zero-order valence-corrected chi connectivity index (χ0v) is 12.7. The van der Waals surface area contributed by atoms with Crippen LogP contribution in [0.4, 0.5) is 0 Å². The van der Waals surface area contributed by atoms with Gasteiger partial charge < -0.3 is 10.0 Å². The van der Waals surface area contributed by atoms with E-state index in [1.165, 1.54) is 19.3 Å². The number of carboxylic acids is 1. The number of aliphatic carboxylic acids is 1. The van der Waals surface area contributed by atoms with E-state index in [1.807, 2.05) is 11.9 Å². The minimum atomic E-state index is -0.791. The van der Waals surface area contributed by atoms with Crippen molar-refractivity contribution in [2.45, 2.75) is 70.8 Å². The molecule has 20 heavy (non-hydrogen) atoms. The summed E-state index contributed by atoms with van der Waals surface area (Å²) >= 11 is 0. The van der Waals surface area contributed by atoms with Gasteiger partial charge in [-0.1, -0.05) is 19.8 Å². The Kier molecular flexibility index (Phi) is 4.71. The molecule has 0 aliphatic heterocycles. The second kappa shape index (κ2) is 6.15. The van der Waals surface area contributed by atoms with Crippen LogP contribution in [-0.2, 0) is 9.59 Å². The van der Waals surface area contributed by atoms with Crippen molar-refractivity contribution in [2.24, 2.45) is 11.3 Å². The fraction of sp³-hybridized carbons (Fsp3) is 0.875. The summed E-state index contributed by atoms with van der Waals surface area (Å²) in [6.45, 7) is 2.23. The van der Waals surface area contributed by atoms with E-state index in [1.54, 1.807) is 0 Å². The smallest absolute Gasteiger partial charge is 0.310 e. The van der Waals surface area contributed by atoms with Crippen molar-refractivity contribution in [1.82, 2.24) is 4.90 Å². The molecule has 0 heterocycles. The summed E-state index contributed by atoms with van der Waals surface area (Å²) in [6, 6.07) is 0.316. The van der Waals surface area contributed by atoms with Crippen molar-refractivity contribution >= 4 is 11.9 Å². The Labute approximate surface area is 121 Å². The number of rotatable bonds is 5. The average Bonchev–Trinajstić information content (AvgIpc) is 2.41. The number of carbonyl (C=O) groups excluding carboxylic acids is 1. The van der Waals surface area contributed by atoms with Gasteiger partial charge in [0.25, 0.3) is 0 Å². The molecule has 0 atom stereocenters. The second-order valence-corrected chi connectivity index (χ2v) is 6.70. The van der Waals surface area contributed by atoms with Gasteiger partial charge in [-0.05, 0) is 44.4 Å². The summed E-state index contributed by atoms with van der Waals surface area (Å²) in [5, 5.41) is 9.32. The molecule has 0 aromatic rings. The van der Waals surface area contributed by atoms with Gasteiger partial charge in [0.2, 0.25) is 5.91 Å². The molecular weight excluding hydrogens is 254 g/mol. The predicted molar refractivity (Wildman–Crippen MR) is 77.3 cm³/mol. The van der Waals surface area contributed by atoms with Crippen LogP contribution in [0.15, 0.2) is 0 Å². The Morgan fingerprint density at radius 2 is 1.80 bits per heavy atom. The molecule has 2 saturated carbocycles. The van der Waals surface area contributed by atoms with Crippen LogP contribution in [0.2, 0.25) is 0 Å². The van der Waals surface area contributed by atoms with Crippen LogP contribution >= 0.6 is 0 Å². The van der Waals surface area contributed by atoms with Crippen molar-refractivity contribution in [3.05, 3.63) is 0 Å². The number of amides is 1. The lowest BCUT2D eigenvalue weighted by Crippen LogP contribution is -2.46. The van der Waals surface area contributed by atoms with Crippen molar-refractivity contribution in [3.8, 4) is 0 Å². The van der Waals surface area contributed by atoms with Crippen LogP contribution in [0.5, 0.6) is 0 Å². The molecule has 114 valence electrons. The maximum Gasteiger partial charge on any atom is 0.310 e. The fourth-order valence-corrected chi connectivity index (χ4v) is 3.63. The molecule has 0 unspecified atom stereocenters. The van der Waals surface area contributed by atoms with E-state index in [4.69, 9.17) is 0 Å². The standard InChI is InChI=1S/C16H27NO3/c1-3-12-5-7-13(8-6-12)17(2)14(18)11-16(15(19)20)9-4-10-16/h12-13H,3-11H2,1-2H3,(H,19,20). The first-order valence-electron chi connectivity index (χ1n) is 7.97. The highest BCUT2D eigenvalue weighted by Crippen LogP contribution is 2.44. The summed E-state index contributed by atoms with van der Waals surface area (Å²) in [4.78, 5) is 25.5. The van der Waals surface area contributed by atoms with Crippen LogP contribution < -0.4 is 0 Å². The molecule has 4 nitrogen and oxygen atoms in total. The van der Waals surface area contributed by atoms with E-state index in [-0.39, 0.29) is 12.3 Å². The molecule has 2 fully saturated rings. The molecule has 1 N–H and O–H groups in total. The van der Waals surface area contributed by atoms with E-state index in [2.05, 4.69) is 6.92 Å². The van der Waals surface area contributed by atoms with Crippen LogP contribution in [0.3, 0.4) is 0 Å². The van der Waals surface area contributed by atoms with Crippen molar-refractivity contribution in [3.63, 3.8) is 0 Å². The first-order chi connectivity index (χ1) is 9.48. The third-order valence-corrected chi connectivity index (χ3v) is 5.59. The molecule has 0 saturated heterocycles. The normalized spacial score (nSPS) is 28.5. The van der Waals surface area contributed by atoms with Crippen LogP contribution in [0.25, 0.3) is 0 Å². The number of hydrogen-bond donors (Lipinski definition) is 1. The lowest BCUT2D eigenvalue weighted by molar-refractivity contribution is -0.159. The van der Waals surface area contributed by atoms with Gasteiger partial charge >= 0.3 is 5.97 Å². The molecule has 0 aromatic carbocycles. The number of nitrogens with zero attached hydrogens (tertiary/aromatic N) is 1. The van der Waals surface area contributed by atoms with E-state index < -0.39 is 11.4 Å². The zero-order valence-electron chi connectivity index (χ0n) is 12.7. The molecule has 2 aliphatic carbocycles. The number of carboxylic acid groups (broad SMARTS) is 1. The van der Waals surface area contributed by atoms with Gasteiger partial charge in [0.1, 0.15) is 0 Å². The van der Waals surface area contributed by atoms with Crippen molar-refractivity contribution < 1.29 is 14.7 Å². The Morgan fingerprint density at radius 3 is 2.20 bits per heavy atom. The summed E-state index contributed by atoms with van der Waals surface area (Å²) in [7, 11) is 1.85. The van der Waals surface area contributed by atoms with Crippen molar-refractivity contribution in [1.29, 1.82) is 0 Å². The lowest BCUT2D eigenvalue weighted by atomic mass is 9.66. The van der Waals surface area contributed by atoms with Gasteiger partial charge in [-0.25, -0.2) is 0 Å². The second-order valence-electron chi connectivity index (χ2n) is 6.70. The fourth-order valence-electron chi connectivity index (χ4n) is 3.63. The lowest BCUT2D eigenvalue weighted by Gasteiger charge is -2.40. The molecule has 1 amide bonds. The van der Waals surface area contributed by atoms with Crippen LogP contribution in [-0.4, -0.2) is 35.0 Å². The van der Waals surface area contributed by atoms with E-state index >= 15 is 0 Å². The summed E-state index contributed by atoms with van der Waals surface area (Å²) < 4.78 is 0. The molecule has 0 bridgehead atoms. The maximum absolute atomic E-state index is 12.4. The maximum atomic E-state index is 12.4. The van der Waals surface area contributed by atoms with Gasteiger partial charge in [-0.2, -0.15) is 0 Å². The zero-order chi connectivity index (χ0) is 14.8. The summed E-state index contributed by atoms with van der Waals surface area (Å²) in [5.41, 5.74) is -0.758. The third kappa shape index (κ3) is 2.99. The molecule has 4 heteroatoms. The van der Waals surface area contributed by atoms with Crippen molar-refractivity contribution in [2.75, 3.05) is 7.05 Å². The quantitative estimate of drug-likeness (QED) is 0.842. The highest BCUT2D eigenvalue weighted by atomic mass is 16.4. The third-order valence-electron chi connectivity index (χ3n) is 5.59. The largest absolute Gasteiger partial charge is 0.481 e. The molecular formula is C16H27NO3. The summed E-state index contributed by atoms with van der Waals surface area (Å²) in [6.07, 6.45) is 8.20. The Balaban J connectivity index is 1.88. The van der Waals surface area contributed by atoms with E-state index in [0.717, 1.165) is 25.2 Å². The topological polar surface area (TPSA) is 57.6 Å². The Hall–Kier alpha value is -1.06. The Bertz CT molecular complexity index is 368. The van der Waals surface area contributed by atoms with E-state index in [0.29, 0.717) is 18.9 Å². The first-order valence-corrected chi connectivity index (χ1v) is 7.97. The van der Waals surface area contributed by atoms with Gasteiger partial charge in [-0.3, -0.25) is 9.59 Å². The van der Waals surface area contributed by atoms with Gasteiger partial charge in [0.15, 0.2) is 0 Å². The highest BCUT2D eigenvalue weighted by Gasteiger charge is 2.46. The van der Waals surface area contributed by atoms with Crippen LogP contribution in [0.1, 0.15) is 64.7 Å². The molecule has 0 spiro atoms. The molecule has 0 aromatic heterocycles. The SMILES string of the molecule is CCC1CCC(N(C)C(=O)CC2(C(=O)O)CCC2)CC1. The molecule has 2 aliphatic rings. The molecule has 0 radical (unpaired) electrons. The monoisotopic (exact) mass is 281 g/mol. The summed E-state index contributed by atoms with van der Waals surface area (Å²) in [5.74, 6) is 0.0407. The average molecular weight is 281 g/mol. The number of hydrogen-bond acceptors (Lipinski definition) is 2. The molecule has 2 rings (SSSR count). The van der Waals surface area contributed by atoms with Gasteiger partial charge in [0.05, 0.1) is 5.41 Å². The Morgan fingerprint density at radius 1 is 1.20 bits per heavy atom. The predicted octanol–water partition coefficient (Wildman–Crippen LogP) is 3.06. The minimum absolute atomic E-state index is 0.0204. The first kappa shape index (κ1) is 15.3. The highest BCUT2D eigenvalue weighted by molar-refractivity contribution is 5.85. The van der Waals surface area contributed by atoms with Gasteiger partial charge in [0, 0.05) is 19.5 Å². The van der Waals surface area contributed by atoms with Crippen LogP contribution in [0, 0.1) is 11.3 Å². The number of carbonyl (C=O) groups is 2.